The molecule has 1 saturated heterocycles. The van der Waals surface area contributed by atoms with Crippen LogP contribution in [0.25, 0.3) is 11.0 Å². The molecule has 0 radical (unpaired) electrons. The summed E-state index contributed by atoms with van der Waals surface area (Å²) in [6.45, 7) is 20.5. The Labute approximate surface area is 293 Å². The number of rotatable bonds is 10. The van der Waals surface area contributed by atoms with Gasteiger partial charge in [0.25, 0.3) is 5.88 Å². The number of esters is 1. The van der Waals surface area contributed by atoms with Crippen LogP contribution in [0.3, 0.4) is 0 Å². The SMILES string of the molecule is C=CCCC[C@@H]1CC(=C)C[C@H]1OC(=O)N[C@H](C(=O)N1C[C@H](Oc2nc3cc(Cl)ccc3nc2Cl)[C@@H](C)[C@H]1C(=O)OC(C)(C)C)C(C)(C)C. The van der Waals surface area contributed by atoms with E-state index in [2.05, 4.69) is 28.4 Å². The molecular weight excluding hydrogens is 655 g/mol. The summed E-state index contributed by atoms with van der Waals surface area (Å²) in [5.41, 5.74) is 0.502. The van der Waals surface area contributed by atoms with Crippen molar-refractivity contribution >= 4 is 52.2 Å². The van der Waals surface area contributed by atoms with Crippen molar-refractivity contribution < 1.29 is 28.6 Å². The second kappa shape index (κ2) is 15.0. The molecule has 2 aromatic rings. The average Bonchev–Trinajstić information content (AvgIpc) is 3.48. The highest BCUT2D eigenvalue weighted by atomic mass is 35.5. The number of nitrogens with one attached hydrogen (secondary N) is 1. The predicted octanol–water partition coefficient (Wildman–Crippen LogP) is 7.70. The zero-order valence-electron chi connectivity index (χ0n) is 29.0. The highest BCUT2D eigenvalue weighted by Gasteiger charge is 2.51. The lowest BCUT2D eigenvalue weighted by Gasteiger charge is -2.36. The van der Waals surface area contributed by atoms with Gasteiger partial charge in [-0.25, -0.2) is 19.6 Å². The van der Waals surface area contributed by atoms with Crippen molar-refractivity contribution in [3.63, 3.8) is 0 Å². The van der Waals surface area contributed by atoms with Crippen LogP contribution in [0.4, 0.5) is 4.79 Å². The molecule has 6 atom stereocenters. The van der Waals surface area contributed by atoms with E-state index in [4.69, 9.17) is 37.4 Å². The number of hydrogen-bond donors (Lipinski definition) is 1. The second-order valence-corrected chi connectivity index (χ2v) is 15.8. The molecule has 1 aliphatic heterocycles. The van der Waals surface area contributed by atoms with Crippen molar-refractivity contribution in [2.75, 3.05) is 6.54 Å². The summed E-state index contributed by atoms with van der Waals surface area (Å²) in [4.78, 5) is 51.9. The van der Waals surface area contributed by atoms with E-state index in [0.717, 1.165) is 31.3 Å². The largest absolute Gasteiger partial charge is 0.470 e. The molecule has 10 nitrogen and oxygen atoms in total. The number of carbonyl (C=O) groups is 3. The van der Waals surface area contributed by atoms with E-state index < -0.39 is 53.1 Å². The molecule has 48 heavy (non-hydrogen) atoms. The highest BCUT2D eigenvalue weighted by molar-refractivity contribution is 6.32. The average molecular weight is 704 g/mol. The van der Waals surface area contributed by atoms with Crippen LogP contribution < -0.4 is 10.1 Å². The van der Waals surface area contributed by atoms with Crippen molar-refractivity contribution in [2.45, 2.75) is 110 Å². The Morgan fingerprint density at radius 3 is 2.44 bits per heavy atom. The third kappa shape index (κ3) is 9.20. The molecule has 12 heteroatoms. The Balaban J connectivity index is 1.59. The van der Waals surface area contributed by atoms with Crippen LogP contribution in [0.1, 0.15) is 80.6 Å². The highest BCUT2D eigenvalue weighted by Crippen LogP contribution is 2.37. The van der Waals surface area contributed by atoms with Crippen LogP contribution in [0, 0.1) is 17.3 Å². The minimum absolute atomic E-state index is 0.00658. The first-order valence-electron chi connectivity index (χ1n) is 16.5. The van der Waals surface area contributed by atoms with Crippen LogP contribution in [0.15, 0.2) is 43.0 Å². The van der Waals surface area contributed by atoms with E-state index in [1.165, 1.54) is 4.90 Å². The Morgan fingerprint density at radius 1 is 1.08 bits per heavy atom. The van der Waals surface area contributed by atoms with Gasteiger partial charge in [-0.15, -0.1) is 6.58 Å². The number of aromatic nitrogens is 2. The van der Waals surface area contributed by atoms with Gasteiger partial charge in [0.05, 0.1) is 17.6 Å². The van der Waals surface area contributed by atoms with Crippen molar-refractivity contribution in [3.05, 3.63) is 53.2 Å². The first-order valence-corrected chi connectivity index (χ1v) is 17.2. The molecule has 1 aromatic heterocycles. The van der Waals surface area contributed by atoms with Crippen molar-refractivity contribution in [3.8, 4) is 5.88 Å². The van der Waals surface area contributed by atoms with Crippen molar-refractivity contribution in [1.29, 1.82) is 0 Å². The number of amides is 2. The summed E-state index contributed by atoms with van der Waals surface area (Å²) < 4.78 is 18.0. The monoisotopic (exact) mass is 702 g/mol. The topological polar surface area (TPSA) is 120 Å². The van der Waals surface area contributed by atoms with E-state index >= 15 is 0 Å². The van der Waals surface area contributed by atoms with E-state index in [9.17, 15) is 14.4 Å². The van der Waals surface area contributed by atoms with Crippen LogP contribution in [0.2, 0.25) is 10.2 Å². The van der Waals surface area contributed by atoms with E-state index in [0.29, 0.717) is 22.5 Å². The molecular formula is C36H48Cl2N4O6. The fraction of sp³-hybridized carbons (Fsp3) is 0.583. The second-order valence-electron chi connectivity index (χ2n) is 15.0. The summed E-state index contributed by atoms with van der Waals surface area (Å²) in [7, 11) is 0. The number of nitrogens with zero attached hydrogens (tertiary/aromatic N) is 3. The van der Waals surface area contributed by atoms with Gasteiger partial charge in [-0.2, -0.15) is 0 Å². The third-order valence-electron chi connectivity index (χ3n) is 8.73. The molecule has 1 aromatic carbocycles. The smallest absolute Gasteiger partial charge is 0.408 e. The zero-order chi connectivity index (χ0) is 35.6. The molecule has 262 valence electrons. The number of ether oxygens (including phenoxy) is 3. The quantitative estimate of drug-likeness (QED) is 0.152. The van der Waals surface area contributed by atoms with Crippen LogP contribution >= 0.6 is 23.2 Å². The molecule has 0 spiro atoms. The summed E-state index contributed by atoms with van der Waals surface area (Å²) in [5.74, 6) is -1.38. The summed E-state index contributed by atoms with van der Waals surface area (Å²) in [6, 6.07) is 2.99. The number of allylic oxidation sites excluding steroid dienone is 1. The van der Waals surface area contributed by atoms with Gasteiger partial charge in [-0.3, -0.25) is 4.79 Å². The lowest BCUT2D eigenvalue weighted by Crippen LogP contribution is -2.58. The number of hydrogen-bond acceptors (Lipinski definition) is 8. The fourth-order valence-corrected chi connectivity index (χ4v) is 6.68. The molecule has 1 aliphatic carbocycles. The molecule has 2 aliphatic rings. The van der Waals surface area contributed by atoms with E-state index in [-0.39, 0.29) is 29.6 Å². The summed E-state index contributed by atoms with van der Waals surface area (Å²) >= 11 is 12.6. The first kappa shape index (κ1) is 37.4. The predicted molar refractivity (Wildman–Crippen MR) is 187 cm³/mol. The number of alkyl carbamates (subject to hydrolysis) is 1. The van der Waals surface area contributed by atoms with Gasteiger partial charge in [-0.1, -0.05) is 69.1 Å². The Kier molecular flexibility index (Phi) is 11.7. The molecule has 2 heterocycles. The zero-order valence-corrected chi connectivity index (χ0v) is 30.5. The van der Waals surface area contributed by atoms with Crippen molar-refractivity contribution in [1.82, 2.24) is 20.2 Å². The number of halogens is 2. The van der Waals surface area contributed by atoms with Crippen LogP contribution in [-0.4, -0.2) is 69.3 Å². The minimum Gasteiger partial charge on any atom is -0.470 e. The van der Waals surface area contributed by atoms with E-state index in [1.807, 2.05) is 26.8 Å². The van der Waals surface area contributed by atoms with Gasteiger partial charge in [0.15, 0.2) is 5.15 Å². The number of carbonyl (C=O) groups excluding carboxylic acids is 3. The molecule has 0 unspecified atom stereocenters. The van der Waals surface area contributed by atoms with Gasteiger partial charge >= 0.3 is 12.1 Å². The van der Waals surface area contributed by atoms with Gasteiger partial charge in [0.2, 0.25) is 5.91 Å². The van der Waals surface area contributed by atoms with Gasteiger partial charge in [-0.05, 0) is 70.1 Å². The first-order chi connectivity index (χ1) is 22.4. The Bertz CT molecular complexity index is 1550. The molecule has 2 fully saturated rings. The summed E-state index contributed by atoms with van der Waals surface area (Å²) in [6.07, 6.45) is 4.23. The number of benzene rings is 1. The molecule has 1 saturated carbocycles. The van der Waals surface area contributed by atoms with Gasteiger partial charge < -0.3 is 24.4 Å². The molecule has 0 bridgehead atoms. The lowest BCUT2D eigenvalue weighted by molar-refractivity contribution is -0.165. The Hall–Kier alpha value is -3.37. The molecule has 4 rings (SSSR count). The minimum atomic E-state index is -1.03. The maximum Gasteiger partial charge on any atom is 0.408 e. The normalized spacial score (nSPS) is 23.6. The van der Waals surface area contributed by atoms with Crippen LogP contribution in [-0.2, 0) is 19.1 Å². The van der Waals surface area contributed by atoms with Gasteiger partial charge in [0.1, 0.15) is 29.9 Å². The molecule has 2 amide bonds. The van der Waals surface area contributed by atoms with E-state index in [1.54, 1.807) is 45.9 Å². The summed E-state index contributed by atoms with van der Waals surface area (Å²) in [5, 5.41) is 3.34. The number of likely N-dealkylation sites (tertiary alicyclic amines) is 1. The van der Waals surface area contributed by atoms with Crippen molar-refractivity contribution in [2.24, 2.45) is 17.3 Å². The fourth-order valence-electron chi connectivity index (χ4n) is 6.34. The maximum absolute atomic E-state index is 14.5. The Morgan fingerprint density at radius 2 is 1.79 bits per heavy atom. The maximum atomic E-state index is 14.5. The van der Waals surface area contributed by atoms with Gasteiger partial charge in [0, 0.05) is 23.3 Å². The third-order valence-corrected chi connectivity index (χ3v) is 9.21. The lowest BCUT2D eigenvalue weighted by atomic mass is 9.85. The standard InChI is InChI=1S/C36H48Cl2N4O6/c1-10-11-12-13-22-16-20(2)17-26(22)47-34(45)41-29(35(4,5)6)32(43)42-19-27(21(3)28(42)33(44)48-36(7,8)9)46-31-30(38)39-24-15-14-23(37)18-25(24)40-31/h10,14-15,18,21-22,26-29H,1-2,11-13,16-17,19H2,3-9H3,(H,41,45)/t21-,22-,26-,27+,28+,29-/m1/s1. The number of fused-ring (bicyclic) bond motifs is 1. The molecule has 1 N–H and O–H groups in total. The van der Waals surface area contributed by atoms with Crippen LogP contribution in [0.5, 0.6) is 5.88 Å². The number of unbranched alkanes of at least 4 members (excludes halogenated alkanes) is 1.